The van der Waals surface area contributed by atoms with Gasteiger partial charge in [-0.05, 0) is 31.4 Å². The van der Waals surface area contributed by atoms with Gasteiger partial charge in [-0.3, -0.25) is 0 Å². The van der Waals surface area contributed by atoms with Crippen molar-refractivity contribution in [1.82, 2.24) is 9.69 Å². The lowest BCUT2D eigenvalue weighted by molar-refractivity contribution is 0.00238. The van der Waals surface area contributed by atoms with Crippen molar-refractivity contribution in [2.45, 2.75) is 18.9 Å². The molecular weight excluding hydrogens is 184 g/mol. The molecule has 2 atom stereocenters. The van der Waals surface area contributed by atoms with E-state index < -0.39 is 5.60 Å². The number of aliphatic hydroxyl groups is 1. The van der Waals surface area contributed by atoms with Gasteiger partial charge in [0.15, 0.2) is 0 Å². The lowest BCUT2D eigenvalue weighted by atomic mass is 9.84. The Morgan fingerprint density at radius 3 is 3.15 bits per heavy atom. The van der Waals surface area contributed by atoms with Crippen LogP contribution < -0.4 is 5.32 Å². The molecule has 0 radical (unpaired) electrons. The van der Waals surface area contributed by atoms with Gasteiger partial charge in [0, 0.05) is 29.6 Å². The van der Waals surface area contributed by atoms with E-state index in [0.29, 0.717) is 5.92 Å². The van der Waals surface area contributed by atoms with E-state index >= 15 is 0 Å². The van der Waals surface area contributed by atoms with Crippen molar-refractivity contribution in [3.63, 3.8) is 0 Å². The van der Waals surface area contributed by atoms with Crippen LogP contribution in [-0.4, -0.2) is 22.6 Å². The van der Waals surface area contributed by atoms with E-state index in [-0.39, 0.29) is 0 Å². The summed E-state index contributed by atoms with van der Waals surface area (Å²) in [5, 5.41) is 15.5. The molecule has 0 aromatic carbocycles. The van der Waals surface area contributed by atoms with Crippen molar-refractivity contribution in [2.24, 2.45) is 5.92 Å². The third-order valence-electron chi connectivity index (χ3n) is 2.87. The fraction of sp³-hybridized carbons (Fsp3) is 0.667. The summed E-state index contributed by atoms with van der Waals surface area (Å²) >= 11 is 1.39. The number of aromatic nitrogens is 1. The van der Waals surface area contributed by atoms with Crippen LogP contribution in [-0.2, 0) is 5.60 Å². The first kappa shape index (κ1) is 9.12. The third kappa shape index (κ3) is 1.61. The quantitative estimate of drug-likeness (QED) is 0.744. The van der Waals surface area contributed by atoms with Gasteiger partial charge in [-0.25, -0.2) is 4.37 Å². The number of nitrogens with zero attached hydrogens (tertiary/aromatic N) is 1. The fourth-order valence-electron chi connectivity index (χ4n) is 1.82. The van der Waals surface area contributed by atoms with Gasteiger partial charge in [-0.1, -0.05) is 0 Å². The summed E-state index contributed by atoms with van der Waals surface area (Å²) in [6, 6.07) is 0. The Morgan fingerprint density at radius 2 is 2.62 bits per heavy atom. The van der Waals surface area contributed by atoms with Crippen molar-refractivity contribution in [3.05, 3.63) is 17.1 Å². The lowest BCUT2D eigenvalue weighted by Crippen LogP contribution is -2.32. The van der Waals surface area contributed by atoms with Gasteiger partial charge in [0.05, 0.1) is 5.60 Å². The SMILES string of the molecule is CC(O)(c1cnsc1)C1CCNC1. The Labute approximate surface area is 82.0 Å². The summed E-state index contributed by atoms with van der Waals surface area (Å²) in [5.74, 6) is 0.323. The molecule has 0 aliphatic carbocycles. The summed E-state index contributed by atoms with van der Waals surface area (Å²) in [7, 11) is 0. The van der Waals surface area contributed by atoms with Gasteiger partial charge in [0.25, 0.3) is 0 Å². The van der Waals surface area contributed by atoms with Gasteiger partial charge in [0.2, 0.25) is 0 Å². The van der Waals surface area contributed by atoms with Crippen molar-refractivity contribution in [1.29, 1.82) is 0 Å². The average molecular weight is 198 g/mol. The highest BCUT2D eigenvalue weighted by Crippen LogP contribution is 2.33. The smallest absolute Gasteiger partial charge is 0.0932 e. The summed E-state index contributed by atoms with van der Waals surface area (Å²) in [6.07, 6.45) is 2.81. The summed E-state index contributed by atoms with van der Waals surface area (Å²) in [4.78, 5) is 0. The van der Waals surface area contributed by atoms with Crippen molar-refractivity contribution in [3.8, 4) is 0 Å². The van der Waals surface area contributed by atoms with Gasteiger partial charge in [-0.2, -0.15) is 0 Å². The number of hydrogen-bond donors (Lipinski definition) is 2. The average Bonchev–Trinajstić information content (AvgIpc) is 2.78. The minimum atomic E-state index is -0.712. The summed E-state index contributed by atoms with van der Waals surface area (Å²) in [5.41, 5.74) is 0.238. The maximum absolute atomic E-state index is 10.3. The predicted molar refractivity (Wildman–Crippen MR) is 52.7 cm³/mol. The molecule has 1 fully saturated rings. The largest absolute Gasteiger partial charge is 0.385 e. The standard InChI is InChI=1S/C9H14N2OS/c1-9(12,7-2-3-10-4-7)8-5-11-13-6-8/h5-7,10,12H,2-4H2,1H3. The highest BCUT2D eigenvalue weighted by Gasteiger charge is 2.35. The lowest BCUT2D eigenvalue weighted by Gasteiger charge is -2.28. The van der Waals surface area contributed by atoms with E-state index in [2.05, 4.69) is 9.69 Å². The van der Waals surface area contributed by atoms with Crippen LogP contribution in [0.3, 0.4) is 0 Å². The van der Waals surface area contributed by atoms with Crippen LogP contribution >= 0.6 is 11.5 Å². The number of rotatable bonds is 2. The maximum Gasteiger partial charge on any atom is 0.0932 e. The van der Waals surface area contributed by atoms with Crippen LogP contribution in [0.5, 0.6) is 0 Å². The Bertz CT molecular complexity index is 265. The fourth-order valence-corrected chi connectivity index (χ4v) is 2.47. The molecule has 0 spiro atoms. The van der Waals surface area contributed by atoms with E-state index in [9.17, 15) is 5.11 Å². The highest BCUT2D eigenvalue weighted by atomic mass is 32.1. The normalized spacial score (nSPS) is 27.4. The molecule has 1 saturated heterocycles. The van der Waals surface area contributed by atoms with E-state index in [4.69, 9.17) is 0 Å². The first-order valence-corrected chi connectivity index (χ1v) is 5.38. The van der Waals surface area contributed by atoms with Crippen LogP contribution in [0.15, 0.2) is 11.6 Å². The molecule has 2 unspecified atom stereocenters. The van der Waals surface area contributed by atoms with Crippen molar-refractivity contribution < 1.29 is 5.11 Å². The van der Waals surface area contributed by atoms with E-state index in [0.717, 1.165) is 25.1 Å². The Hall–Kier alpha value is -0.450. The van der Waals surface area contributed by atoms with Crippen LogP contribution in [0.25, 0.3) is 0 Å². The van der Waals surface area contributed by atoms with E-state index in [1.54, 1.807) is 6.20 Å². The topological polar surface area (TPSA) is 45.2 Å². The molecular formula is C9H14N2OS. The minimum absolute atomic E-state index is 0.323. The number of hydrogen-bond acceptors (Lipinski definition) is 4. The van der Waals surface area contributed by atoms with E-state index in [1.807, 2.05) is 12.3 Å². The third-order valence-corrected chi connectivity index (χ3v) is 3.46. The Balaban J connectivity index is 2.19. The van der Waals surface area contributed by atoms with Crippen molar-refractivity contribution >= 4 is 11.5 Å². The van der Waals surface area contributed by atoms with Crippen LogP contribution in [0, 0.1) is 5.92 Å². The Morgan fingerprint density at radius 1 is 1.77 bits per heavy atom. The summed E-state index contributed by atoms with van der Waals surface area (Å²) < 4.78 is 4.02. The van der Waals surface area contributed by atoms with Gasteiger partial charge in [-0.15, -0.1) is 0 Å². The molecule has 0 amide bonds. The zero-order valence-electron chi connectivity index (χ0n) is 7.66. The highest BCUT2D eigenvalue weighted by molar-refractivity contribution is 7.03. The first-order valence-electron chi connectivity index (χ1n) is 4.54. The summed E-state index contributed by atoms with van der Waals surface area (Å²) in [6.45, 7) is 3.80. The van der Waals surface area contributed by atoms with Crippen LogP contribution in [0.4, 0.5) is 0 Å². The van der Waals surface area contributed by atoms with Crippen molar-refractivity contribution in [2.75, 3.05) is 13.1 Å². The molecule has 2 rings (SSSR count). The molecule has 1 aliphatic heterocycles. The number of nitrogens with one attached hydrogen (secondary N) is 1. The Kier molecular flexibility index (Phi) is 2.36. The molecule has 1 aromatic heterocycles. The molecule has 13 heavy (non-hydrogen) atoms. The van der Waals surface area contributed by atoms with E-state index in [1.165, 1.54) is 11.5 Å². The molecule has 0 saturated carbocycles. The molecule has 0 bridgehead atoms. The second kappa shape index (κ2) is 3.36. The van der Waals surface area contributed by atoms with Gasteiger partial charge in [0.1, 0.15) is 0 Å². The van der Waals surface area contributed by atoms with Gasteiger partial charge >= 0.3 is 0 Å². The zero-order valence-corrected chi connectivity index (χ0v) is 8.47. The molecule has 4 heteroatoms. The molecule has 3 nitrogen and oxygen atoms in total. The van der Waals surface area contributed by atoms with Gasteiger partial charge < -0.3 is 10.4 Å². The van der Waals surface area contributed by atoms with Crippen LogP contribution in [0.2, 0.25) is 0 Å². The molecule has 1 aliphatic rings. The maximum atomic E-state index is 10.3. The minimum Gasteiger partial charge on any atom is -0.385 e. The molecule has 1 aromatic rings. The molecule has 2 heterocycles. The monoisotopic (exact) mass is 198 g/mol. The zero-order chi connectivity index (χ0) is 9.31. The first-order chi connectivity index (χ1) is 6.21. The molecule has 72 valence electrons. The second-order valence-corrected chi connectivity index (χ2v) is 4.41. The second-order valence-electron chi connectivity index (χ2n) is 3.75. The van der Waals surface area contributed by atoms with Crippen LogP contribution in [0.1, 0.15) is 18.9 Å². The predicted octanol–water partition coefficient (Wildman–Crippen LogP) is 0.960. The molecule has 2 N–H and O–H groups in total.